The van der Waals surface area contributed by atoms with Crippen LogP contribution in [0, 0.1) is 6.92 Å². The maximum atomic E-state index is 11.5. The minimum Gasteiger partial charge on any atom is -0.486 e. The first-order chi connectivity index (χ1) is 17.4. The molecular formula is C29H34BrNO4S. The molecule has 0 bridgehead atoms. The Morgan fingerprint density at radius 3 is 2.44 bits per heavy atom. The van der Waals surface area contributed by atoms with Crippen molar-refractivity contribution in [3.8, 4) is 22.8 Å². The molecule has 36 heavy (non-hydrogen) atoms. The molecule has 3 aromatic rings. The van der Waals surface area contributed by atoms with Crippen LogP contribution in [0.3, 0.4) is 0 Å². The Morgan fingerprint density at radius 2 is 1.83 bits per heavy atom. The summed E-state index contributed by atoms with van der Waals surface area (Å²) < 4.78 is 17.3. The van der Waals surface area contributed by atoms with E-state index in [9.17, 15) is 4.79 Å². The van der Waals surface area contributed by atoms with Gasteiger partial charge in [0.15, 0.2) is 6.61 Å². The topological polar surface area (TPSA) is 57.7 Å². The number of hydrogen-bond acceptors (Lipinski definition) is 6. The van der Waals surface area contributed by atoms with Crippen LogP contribution in [0.2, 0.25) is 0 Å². The number of aromatic nitrogens is 1. The molecule has 0 unspecified atom stereocenters. The van der Waals surface area contributed by atoms with E-state index < -0.39 is 0 Å². The zero-order valence-corrected chi connectivity index (χ0v) is 24.0. The second kappa shape index (κ2) is 15.3. The van der Waals surface area contributed by atoms with Crippen molar-refractivity contribution in [2.24, 2.45) is 0 Å². The lowest BCUT2D eigenvalue weighted by atomic mass is 10.0. The van der Waals surface area contributed by atoms with Gasteiger partial charge in [0.1, 0.15) is 23.1 Å². The van der Waals surface area contributed by atoms with Crippen molar-refractivity contribution in [2.75, 3.05) is 13.2 Å². The van der Waals surface area contributed by atoms with E-state index in [1.807, 2.05) is 39.0 Å². The van der Waals surface area contributed by atoms with Crippen molar-refractivity contribution in [3.05, 3.63) is 81.1 Å². The fourth-order valence-electron chi connectivity index (χ4n) is 3.30. The quantitative estimate of drug-likeness (QED) is 0.171. The van der Waals surface area contributed by atoms with Crippen LogP contribution in [0.1, 0.15) is 50.3 Å². The molecule has 1 aromatic heterocycles. The van der Waals surface area contributed by atoms with Crippen LogP contribution in [0.25, 0.3) is 16.8 Å². The SMILES string of the molecule is C=C/C(=C\CC)c1ccc(-c2nc(COc3ccc(OCC(=O)OCC)c(C)c3)sc2Br)cc1.CC. The Hall–Kier alpha value is -2.90. The zero-order chi connectivity index (χ0) is 26.5. The fourth-order valence-corrected chi connectivity index (χ4v) is 4.90. The molecule has 0 aliphatic rings. The molecule has 0 saturated carbocycles. The summed E-state index contributed by atoms with van der Waals surface area (Å²) in [7, 11) is 0. The van der Waals surface area contributed by atoms with E-state index >= 15 is 0 Å². The molecule has 3 rings (SSSR count). The predicted molar refractivity (Wildman–Crippen MR) is 153 cm³/mol. The molecule has 0 radical (unpaired) electrons. The van der Waals surface area contributed by atoms with Crippen LogP contribution in [0.15, 0.2) is 65.0 Å². The number of hydrogen-bond donors (Lipinski definition) is 0. The Bertz CT molecular complexity index is 1170. The van der Waals surface area contributed by atoms with E-state index in [0.717, 1.165) is 43.2 Å². The van der Waals surface area contributed by atoms with E-state index in [1.54, 1.807) is 24.3 Å². The number of nitrogens with zero attached hydrogens (tertiary/aromatic N) is 1. The van der Waals surface area contributed by atoms with Gasteiger partial charge >= 0.3 is 5.97 Å². The maximum Gasteiger partial charge on any atom is 0.344 e. The molecule has 0 N–H and O–H groups in total. The highest BCUT2D eigenvalue weighted by Gasteiger charge is 2.13. The predicted octanol–water partition coefficient (Wildman–Crippen LogP) is 8.41. The second-order valence-corrected chi connectivity index (χ2v) is 9.79. The van der Waals surface area contributed by atoms with Crippen LogP contribution in [-0.2, 0) is 16.1 Å². The van der Waals surface area contributed by atoms with Gasteiger partial charge in [0.25, 0.3) is 0 Å². The van der Waals surface area contributed by atoms with Gasteiger partial charge in [-0.05, 0) is 71.1 Å². The summed E-state index contributed by atoms with van der Waals surface area (Å²) in [5.74, 6) is 0.940. The third-order valence-corrected chi connectivity index (χ3v) is 6.60. The first-order valence-corrected chi connectivity index (χ1v) is 13.7. The van der Waals surface area contributed by atoms with Crippen LogP contribution >= 0.6 is 27.3 Å². The van der Waals surface area contributed by atoms with Crippen molar-refractivity contribution < 1.29 is 19.0 Å². The average molecular weight is 573 g/mol. The Labute approximate surface area is 227 Å². The first-order valence-electron chi connectivity index (χ1n) is 12.1. The number of allylic oxidation sites excluding steroid dienone is 3. The van der Waals surface area contributed by atoms with Gasteiger partial charge in [-0.3, -0.25) is 0 Å². The van der Waals surface area contributed by atoms with E-state index in [-0.39, 0.29) is 12.6 Å². The van der Waals surface area contributed by atoms with E-state index in [1.165, 1.54) is 0 Å². The molecule has 0 amide bonds. The highest BCUT2D eigenvalue weighted by atomic mass is 79.9. The second-order valence-electron chi connectivity index (χ2n) is 7.39. The van der Waals surface area contributed by atoms with Crippen LogP contribution in [0.5, 0.6) is 11.5 Å². The molecule has 0 aliphatic carbocycles. The monoisotopic (exact) mass is 571 g/mol. The summed E-state index contributed by atoms with van der Waals surface area (Å²) in [6.07, 6.45) is 5.01. The average Bonchev–Trinajstić information content (AvgIpc) is 3.27. The molecule has 0 fully saturated rings. The lowest BCUT2D eigenvalue weighted by Gasteiger charge is -2.10. The smallest absolute Gasteiger partial charge is 0.344 e. The molecule has 2 aromatic carbocycles. The van der Waals surface area contributed by atoms with E-state index in [4.69, 9.17) is 19.2 Å². The van der Waals surface area contributed by atoms with Crippen LogP contribution < -0.4 is 9.47 Å². The third-order valence-electron chi connectivity index (χ3n) is 4.93. The minimum atomic E-state index is -0.388. The summed E-state index contributed by atoms with van der Waals surface area (Å²) in [6, 6.07) is 13.8. The van der Waals surface area contributed by atoms with E-state index in [0.29, 0.717) is 24.7 Å². The van der Waals surface area contributed by atoms with Gasteiger partial charge in [0.2, 0.25) is 0 Å². The molecule has 0 saturated heterocycles. The van der Waals surface area contributed by atoms with Gasteiger partial charge in [-0.15, -0.1) is 11.3 Å². The highest BCUT2D eigenvalue weighted by Crippen LogP contribution is 2.34. The molecule has 0 atom stereocenters. The highest BCUT2D eigenvalue weighted by molar-refractivity contribution is 9.11. The number of aryl methyl sites for hydroxylation is 1. The number of esters is 1. The van der Waals surface area contributed by atoms with Crippen LogP contribution in [-0.4, -0.2) is 24.2 Å². The number of carbonyl (C=O) groups excluding carboxylic acids is 1. The Kier molecular flexibility index (Phi) is 12.4. The number of thiazole rings is 1. The molecule has 1 heterocycles. The molecule has 0 aliphatic heterocycles. The maximum absolute atomic E-state index is 11.5. The number of halogens is 1. The zero-order valence-electron chi connectivity index (χ0n) is 21.6. The van der Waals surface area contributed by atoms with Gasteiger partial charge in [-0.25, -0.2) is 9.78 Å². The van der Waals surface area contributed by atoms with Crippen molar-refractivity contribution in [2.45, 2.75) is 47.6 Å². The van der Waals surface area contributed by atoms with Crippen molar-refractivity contribution in [1.82, 2.24) is 4.98 Å². The van der Waals surface area contributed by atoms with Gasteiger partial charge in [0.05, 0.1) is 16.1 Å². The summed E-state index contributed by atoms with van der Waals surface area (Å²) in [4.78, 5) is 16.3. The molecule has 0 spiro atoms. The Morgan fingerprint density at radius 1 is 1.11 bits per heavy atom. The van der Waals surface area contributed by atoms with Crippen molar-refractivity contribution >= 4 is 38.8 Å². The molecular weight excluding hydrogens is 538 g/mol. The lowest BCUT2D eigenvalue weighted by molar-refractivity contribution is -0.145. The van der Waals surface area contributed by atoms with Gasteiger partial charge in [-0.2, -0.15) is 0 Å². The number of benzene rings is 2. The number of carbonyl (C=O) groups is 1. The van der Waals surface area contributed by atoms with Crippen LogP contribution in [0.4, 0.5) is 0 Å². The summed E-state index contributed by atoms with van der Waals surface area (Å²) in [6.45, 7) is 14.3. The standard InChI is InChI=1S/C27H28BrNO4S.C2H6/c1-5-8-19(6-2)20-9-11-21(12-10-20)26-27(28)34-24(29-26)16-32-22-13-14-23(18(4)15-22)33-17-25(30)31-7-3;1-2/h6,8-15H,2,5,7,16-17H2,1,3-4H3;1-2H3/b19-8+;. The number of rotatable bonds is 11. The van der Waals surface area contributed by atoms with Crippen molar-refractivity contribution in [3.63, 3.8) is 0 Å². The molecule has 192 valence electrons. The third kappa shape index (κ3) is 8.35. The van der Waals surface area contributed by atoms with Crippen molar-refractivity contribution in [1.29, 1.82) is 0 Å². The van der Waals surface area contributed by atoms with Gasteiger partial charge in [-0.1, -0.05) is 63.8 Å². The van der Waals surface area contributed by atoms with Gasteiger partial charge < -0.3 is 14.2 Å². The lowest BCUT2D eigenvalue weighted by Crippen LogP contribution is -2.14. The molecule has 5 nitrogen and oxygen atoms in total. The summed E-state index contributed by atoms with van der Waals surface area (Å²) in [5, 5.41) is 0.865. The minimum absolute atomic E-state index is 0.116. The number of ether oxygens (including phenoxy) is 3. The van der Waals surface area contributed by atoms with Gasteiger partial charge in [0, 0.05) is 5.56 Å². The van der Waals surface area contributed by atoms with E-state index in [2.05, 4.69) is 59.8 Å². The first kappa shape index (κ1) is 29.3. The summed E-state index contributed by atoms with van der Waals surface area (Å²) >= 11 is 5.20. The largest absolute Gasteiger partial charge is 0.486 e. The summed E-state index contributed by atoms with van der Waals surface area (Å²) in [5.41, 5.74) is 5.08. The molecule has 7 heteroatoms. The fraction of sp³-hybridized carbons (Fsp3) is 0.310. The normalized spacial score (nSPS) is 10.8. The Balaban J connectivity index is 0.00000222.